The Labute approximate surface area is 114 Å². The maximum Gasteiger partial charge on any atom is 0.0648 e. The average molecular weight is 259 g/mol. The van der Waals surface area contributed by atoms with Crippen LogP contribution in [0, 0.1) is 20.8 Å². The van der Waals surface area contributed by atoms with Gasteiger partial charge in [0.05, 0.1) is 17.1 Å². The topological polar surface area (TPSA) is 55.6 Å². The zero-order valence-electron chi connectivity index (χ0n) is 12.2. The van der Waals surface area contributed by atoms with Crippen molar-refractivity contribution >= 4 is 0 Å². The highest BCUT2D eigenvalue weighted by Crippen LogP contribution is 2.20. The summed E-state index contributed by atoms with van der Waals surface area (Å²) >= 11 is 0. The first-order valence-electron chi connectivity index (χ1n) is 6.49. The third kappa shape index (κ3) is 2.98. The van der Waals surface area contributed by atoms with E-state index in [1.807, 2.05) is 39.5 Å². The largest absolute Gasteiger partial charge is 0.313 e. The molecule has 1 unspecified atom stereocenters. The van der Waals surface area contributed by atoms with Gasteiger partial charge in [0.15, 0.2) is 0 Å². The fraction of sp³-hybridized carbons (Fsp3) is 0.500. The molecule has 0 fully saturated rings. The molecular formula is C14H21N5. The van der Waals surface area contributed by atoms with Gasteiger partial charge in [-0.1, -0.05) is 0 Å². The number of hydrogen-bond acceptors (Lipinski definition) is 4. The van der Waals surface area contributed by atoms with E-state index < -0.39 is 0 Å². The maximum absolute atomic E-state index is 4.39. The zero-order chi connectivity index (χ0) is 14.0. The van der Waals surface area contributed by atoms with E-state index in [9.17, 15) is 0 Å². The molecule has 0 aliphatic rings. The van der Waals surface area contributed by atoms with Crippen LogP contribution in [0.15, 0.2) is 12.1 Å². The van der Waals surface area contributed by atoms with Gasteiger partial charge in [0.1, 0.15) is 0 Å². The van der Waals surface area contributed by atoms with Gasteiger partial charge in [-0.15, -0.1) is 0 Å². The predicted molar refractivity (Wildman–Crippen MR) is 75.0 cm³/mol. The van der Waals surface area contributed by atoms with Gasteiger partial charge in [-0.25, -0.2) is 0 Å². The molecule has 0 aromatic carbocycles. The quantitative estimate of drug-likeness (QED) is 0.907. The summed E-state index contributed by atoms with van der Waals surface area (Å²) in [4.78, 5) is 0. The van der Waals surface area contributed by atoms with E-state index in [4.69, 9.17) is 0 Å². The van der Waals surface area contributed by atoms with Gasteiger partial charge < -0.3 is 5.32 Å². The van der Waals surface area contributed by atoms with E-state index in [-0.39, 0.29) is 6.04 Å². The molecule has 5 nitrogen and oxygen atoms in total. The lowest BCUT2D eigenvalue weighted by Crippen LogP contribution is -2.22. The molecule has 1 N–H and O–H groups in total. The van der Waals surface area contributed by atoms with E-state index >= 15 is 0 Å². The molecule has 2 rings (SSSR count). The van der Waals surface area contributed by atoms with Crippen LogP contribution in [0.5, 0.6) is 0 Å². The van der Waals surface area contributed by atoms with Crippen molar-refractivity contribution in [2.75, 3.05) is 7.05 Å². The van der Waals surface area contributed by atoms with Crippen molar-refractivity contribution in [1.82, 2.24) is 25.3 Å². The van der Waals surface area contributed by atoms with Gasteiger partial charge in [0.25, 0.3) is 0 Å². The standard InChI is InChI=1S/C14H21N5/c1-9-7-13(11(3)17-16-9)14(15-4)8-12-6-10(2)18-19(12)5/h6-7,14-15H,8H2,1-5H3. The normalized spacial score (nSPS) is 12.7. The minimum atomic E-state index is 0.226. The maximum atomic E-state index is 4.39. The first-order valence-corrected chi connectivity index (χ1v) is 6.49. The molecule has 2 aromatic rings. The van der Waals surface area contributed by atoms with Crippen LogP contribution in [0.25, 0.3) is 0 Å². The van der Waals surface area contributed by atoms with E-state index in [1.165, 1.54) is 11.3 Å². The summed E-state index contributed by atoms with van der Waals surface area (Å²) in [7, 11) is 3.96. The summed E-state index contributed by atoms with van der Waals surface area (Å²) in [5.74, 6) is 0. The molecule has 0 radical (unpaired) electrons. The molecule has 0 spiro atoms. The van der Waals surface area contributed by atoms with Crippen LogP contribution in [0.3, 0.4) is 0 Å². The number of nitrogens with zero attached hydrogens (tertiary/aromatic N) is 4. The second kappa shape index (κ2) is 5.48. The lowest BCUT2D eigenvalue weighted by Gasteiger charge is -2.18. The van der Waals surface area contributed by atoms with Crippen LogP contribution in [-0.4, -0.2) is 27.0 Å². The molecule has 2 aromatic heterocycles. The van der Waals surface area contributed by atoms with Crippen LogP contribution in [0.2, 0.25) is 0 Å². The van der Waals surface area contributed by atoms with Gasteiger partial charge in [0, 0.05) is 25.2 Å². The third-order valence-electron chi connectivity index (χ3n) is 3.38. The predicted octanol–water partition coefficient (Wildman–Crippen LogP) is 1.64. The van der Waals surface area contributed by atoms with Gasteiger partial charge in [-0.3, -0.25) is 4.68 Å². The van der Waals surface area contributed by atoms with Gasteiger partial charge in [-0.05, 0) is 45.5 Å². The van der Waals surface area contributed by atoms with E-state index in [0.717, 1.165) is 23.5 Å². The molecule has 0 bridgehead atoms. The first kappa shape index (κ1) is 13.7. The highest BCUT2D eigenvalue weighted by atomic mass is 15.3. The fourth-order valence-electron chi connectivity index (χ4n) is 2.35. The summed E-state index contributed by atoms with van der Waals surface area (Å²) in [6.07, 6.45) is 0.889. The highest BCUT2D eigenvalue weighted by molar-refractivity contribution is 5.25. The summed E-state index contributed by atoms with van der Waals surface area (Å²) in [5, 5.41) is 16.0. The molecular weight excluding hydrogens is 238 g/mol. The molecule has 19 heavy (non-hydrogen) atoms. The Morgan fingerprint density at radius 1 is 1.16 bits per heavy atom. The molecule has 0 amide bonds. The van der Waals surface area contributed by atoms with Crippen LogP contribution >= 0.6 is 0 Å². The minimum absolute atomic E-state index is 0.226. The van der Waals surface area contributed by atoms with Crippen LogP contribution < -0.4 is 5.32 Å². The Balaban J connectivity index is 2.30. The molecule has 0 saturated heterocycles. The summed E-state index contributed by atoms with van der Waals surface area (Å²) in [6, 6.07) is 4.46. The first-order chi connectivity index (χ1) is 9.01. The number of hydrogen-bond donors (Lipinski definition) is 1. The van der Waals surface area contributed by atoms with Gasteiger partial charge >= 0.3 is 0 Å². The van der Waals surface area contributed by atoms with Crippen molar-refractivity contribution < 1.29 is 0 Å². The summed E-state index contributed by atoms with van der Waals surface area (Å²) < 4.78 is 1.94. The lowest BCUT2D eigenvalue weighted by atomic mass is 10.0. The van der Waals surface area contributed by atoms with Crippen LogP contribution in [0.4, 0.5) is 0 Å². The van der Waals surface area contributed by atoms with Gasteiger partial charge in [-0.2, -0.15) is 15.3 Å². The average Bonchev–Trinajstić information content (AvgIpc) is 2.68. The van der Waals surface area contributed by atoms with E-state index in [0.29, 0.717) is 0 Å². The van der Waals surface area contributed by atoms with Crippen molar-refractivity contribution in [2.45, 2.75) is 33.2 Å². The number of aryl methyl sites for hydroxylation is 4. The third-order valence-corrected chi connectivity index (χ3v) is 3.38. The molecule has 0 aliphatic carbocycles. The Morgan fingerprint density at radius 2 is 1.89 bits per heavy atom. The molecule has 102 valence electrons. The van der Waals surface area contributed by atoms with Gasteiger partial charge in [0.2, 0.25) is 0 Å². The van der Waals surface area contributed by atoms with Crippen molar-refractivity contribution in [3.63, 3.8) is 0 Å². The number of rotatable bonds is 4. The highest BCUT2D eigenvalue weighted by Gasteiger charge is 2.16. The number of likely N-dealkylation sites (N-methyl/N-ethyl adjacent to an activating group) is 1. The monoisotopic (exact) mass is 259 g/mol. The molecule has 1 atom stereocenters. The summed E-state index contributed by atoms with van der Waals surface area (Å²) in [5.41, 5.74) is 5.39. The van der Waals surface area contributed by atoms with Crippen LogP contribution in [-0.2, 0) is 13.5 Å². The fourth-order valence-corrected chi connectivity index (χ4v) is 2.35. The Kier molecular flexibility index (Phi) is 3.95. The lowest BCUT2D eigenvalue weighted by molar-refractivity contribution is 0.554. The van der Waals surface area contributed by atoms with Crippen molar-refractivity contribution in [3.8, 4) is 0 Å². The zero-order valence-corrected chi connectivity index (χ0v) is 12.2. The van der Waals surface area contributed by atoms with Crippen molar-refractivity contribution in [1.29, 1.82) is 0 Å². The molecule has 5 heteroatoms. The Morgan fingerprint density at radius 3 is 2.47 bits per heavy atom. The van der Waals surface area contributed by atoms with E-state index in [2.05, 4.69) is 32.7 Å². The van der Waals surface area contributed by atoms with Crippen LogP contribution in [0.1, 0.15) is 34.4 Å². The molecule has 0 saturated carbocycles. The Hall–Kier alpha value is -1.75. The number of nitrogens with one attached hydrogen (secondary N) is 1. The van der Waals surface area contributed by atoms with Crippen molar-refractivity contribution in [3.05, 3.63) is 40.5 Å². The Bertz CT molecular complexity index is 573. The second-order valence-corrected chi connectivity index (χ2v) is 4.97. The van der Waals surface area contributed by atoms with Crippen molar-refractivity contribution in [2.24, 2.45) is 7.05 Å². The minimum Gasteiger partial charge on any atom is -0.313 e. The molecule has 2 heterocycles. The smallest absolute Gasteiger partial charge is 0.0648 e. The summed E-state index contributed by atoms with van der Waals surface area (Å²) in [6.45, 7) is 5.98. The second-order valence-electron chi connectivity index (χ2n) is 4.97. The van der Waals surface area contributed by atoms with E-state index in [1.54, 1.807) is 0 Å². The SMILES string of the molecule is CNC(Cc1cc(C)nn1C)c1cc(C)nnc1C. The number of aromatic nitrogens is 4. The molecule has 0 aliphatic heterocycles.